The number of ether oxygens (including phenoxy) is 1. The summed E-state index contributed by atoms with van der Waals surface area (Å²) in [5, 5.41) is 9.15. The summed E-state index contributed by atoms with van der Waals surface area (Å²) in [6.07, 6.45) is 0.375. The lowest BCUT2D eigenvalue weighted by Crippen LogP contribution is -2.63. The number of benzene rings is 1. The number of carbonyl (C=O) groups is 1. The third-order valence-corrected chi connectivity index (χ3v) is 3.19. The van der Waals surface area contributed by atoms with Gasteiger partial charge in [-0.3, -0.25) is 4.79 Å². The second-order valence-electron chi connectivity index (χ2n) is 4.75. The molecule has 4 nitrogen and oxygen atoms in total. The first kappa shape index (κ1) is 11.9. The number of phenols is 1. The number of carbonyl (C=O) groups excluding carboxylic acids is 1. The van der Waals surface area contributed by atoms with Crippen LogP contribution in [0.4, 0.5) is 0 Å². The smallest absolute Gasteiger partial charge is 0.227 e. The van der Waals surface area contributed by atoms with E-state index in [9.17, 15) is 4.79 Å². The fraction of sp³-hybridized carbons (Fsp3) is 0.462. The normalized spacial score (nSPS) is 17.6. The van der Waals surface area contributed by atoms with E-state index >= 15 is 0 Å². The molecule has 1 aromatic carbocycles. The second kappa shape index (κ2) is 4.37. The molecule has 17 heavy (non-hydrogen) atoms. The Hall–Kier alpha value is -1.55. The molecule has 4 heteroatoms. The van der Waals surface area contributed by atoms with Crippen LogP contribution in [0.1, 0.15) is 12.5 Å². The van der Waals surface area contributed by atoms with Gasteiger partial charge in [-0.2, -0.15) is 0 Å². The lowest BCUT2D eigenvalue weighted by atomic mass is 9.95. The van der Waals surface area contributed by atoms with Gasteiger partial charge in [0.15, 0.2) is 0 Å². The summed E-state index contributed by atoms with van der Waals surface area (Å²) < 4.78 is 5.29. The number of hydrogen-bond donors (Lipinski definition) is 1. The number of aromatic hydroxyl groups is 1. The molecule has 1 aliphatic heterocycles. The van der Waals surface area contributed by atoms with E-state index < -0.39 is 0 Å². The Morgan fingerprint density at radius 3 is 2.53 bits per heavy atom. The van der Waals surface area contributed by atoms with Gasteiger partial charge in [0, 0.05) is 7.11 Å². The van der Waals surface area contributed by atoms with Gasteiger partial charge in [0.25, 0.3) is 0 Å². The minimum absolute atomic E-state index is 0.102. The van der Waals surface area contributed by atoms with E-state index in [0.29, 0.717) is 19.5 Å². The summed E-state index contributed by atoms with van der Waals surface area (Å²) >= 11 is 0. The van der Waals surface area contributed by atoms with Gasteiger partial charge >= 0.3 is 0 Å². The fourth-order valence-electron chi connectivity index (χ4n) is 1.97. The van der Waals surface area contributed by atoms with Crippen LogP contribution in [0.5, 0.6) is 5.75 Å². The molecule has 0 aromatic heterocycles. The van der Waals surface area contributed by atoms with Crippen molar-refractivity contribution >= 4 is 5.91 Å². The quantitative estimate of drug-likeness (QED) is 0.856. The molecule has 0 saturated carbocycles. The van der Waals surface area contributed by atoms with E-state index in [2.05, 4.69) is 0 Å². The van der Waals surface area contributed by atoms with Crippen molar-refractivity contribution in [3.8, 4) is 5.75 Å². The van der Waals surface area contributed by atoms with Gasteiger partial charge in [-0.1, -0.05) is 12.1 Å². The van der Waals surface area contributed by atoms with Crippen molar-refractivity contribution in [1.29, 1.82) is 0 Å². The number of phenolic OH excluding ortho intramolecular Hbond substituents is 1. The molecule has 1 fully saturated rings. The van der Waals surface area contributed by atoms with E-state index in [1.165, 1.54) is 0 Å². The summed E-state index contributed by atoms with van der Waals surface area (Å²) in [5.41, 5.74) is 0.740. The van der Waals surface area contributed by atoms with Gasteiger partial charge in [0.1, 0.15) is 5.75 Å². The van der Waals surface area contributed by atoms with E-state index in [1.54, 1.807) is 36.3 Å². The molecule has 92 valence electrons. The second-order valence-corrected chi connectivity index (χ2v) is 4.75. The molecule has 0 unspecified atom stereocenters. The van der Waals surface area contributed by atoms with Crippen LogP contribution in [0.3, 0.4) is 0 Å². The summed E-state index contributed by atoms with van der Waals surface area (Å²) in [7, 11) is 1.67. The van der Waals surface area contributed by atoms with Crippen LogP contribution in [0.2, 0.25) is 0 Å². The summed E-state index contributed by atoms with van der Waals surface area (Å²) in [5.74, 6) is 0.322. The Balaban J connectivity index is 1.89. The van der Waals surface area contributed by atoms with E-state index in [1.807, 2.05) is 6.92 Å². The third kappa shape index (κ3) is 2.58. The highest BCUT2D eigenvalue weighted by atomic mass is 16.5. The minimum atomic E-state index is -0.176. The summed E-state index contributed by atoms with van der Waals surface area (Å²) in [6, 6.07) is 6.72. The van der Waals surface area contributed by atoms with Crippen molar-refractivity contribution in [1.82, 2.24) is 4.90 Å². The molecular formula is C13H17NO3. The lowest BCUT2D eigenvalue weighted by Gasteiger charge is -2.46. The number of hydrogen-bond acceptors (Lipinski definition) is 3. The SMILES string of the molecule is COC1(C)CN(C(=O)Cc2ccc(O)cc2)C1. The molecular weight excluding hydrogens is 218 g/mol. The summed E-state index contributed by atoms with van der Waals surface area (Å²) in [6.45, 7) is 3.30. The van der Waals surface area contributed by atoms with Crippen molar-refractivity contribution in [3.05, 3.63) is 29.8 Å². The lowest BCUT2D eigenvalue weighted by molar-refractivity contribution is -0.157. The first-order chi connectivity index (χ1) is 8.02. The first-order valence-electron chi connectivity index (χ1n) is 5.63. The maximum absolute atomic E-state index is 11.9. The van der Waals surface area contributed by atoms with Crippen molar-refractivity contribution < 1.29 is 14.6 Å². The highest BCUT2D eigenvalue weighted by Crippen LogP contribution is 2.24. The first-order valence-corrected chi connectivity index (χ1v) is 5.63. The average molecular weight is 235 g/mol. The molecule has 1 saturated heterocycles. The predicted octanol–water partition coefficient (Wildman–Crippen LogP) is 1.18. The Morgan fingerprint density at radius 2 is 2.00 bits per heavy atom. The molecule has 2 rings (SSSR count). The molecule has 1 heterocycles. The van der Waals surface area contributed by atoms with Crippen molar-refractivity contribution in [3.63, 3.8) is 0 Å². The van der Waals surface area contributed by atoms with Crippen LogP contribution in [0, 0.1) is 0 Å². The van der Waals surface area contributed by atoms with E-state index in [0.717, 1.165) is 5.56 Å². The molecule has 0 bridgehead atoms. The number of methoxy groups -OCH3 is 1. The van der Waals surface area contributed by atoms with Gasteiger partial charge in [0.05, 0.1) is 25.1 Å². The Bertz CT molecular complexity index is 407. The maximum atomic E-state index is 11.9. The average Bonchev–Trinajstić information content (AvgIpc) is 2.28. The third-order valence-electron chi connectivity index (χ3n) is 3.19. The standard InChI is InChI=1S/C13H17NO3/c1-13(17-2)8-14(9-13)12(16)7-10-3-5-11(15)6-4-10/h3-6,15H,7-9H2,1-2H3. The van der Waals surface area contributed by atoms with Crippen LogP contribution in [-0.4, -0.2) is 41.7 Å². The van der Waals surface area contributed by atoms with Crippen LogP contribution in [-0.2, 0) is 16.0 Å². The molecule has 1 aromatic rings. The van der Waals surface area contributed by atoms with E-state index in [-0.39, 0.29) is 17.3 Å². The van der Waals surface area contributed by atoms with Gasteiger partial charge in [-0.25, -0.2) is 0 Å². The van der Waals surface area contributed by atoms with E-state index in [4.69, 9.17) is 9.84 Å². The van der Waals surface area contributed by atoms with Crippen LogP contribution in [0.25, 0.3) is 0 Å². The van der Waals surface area contributed by atoms with Gasteiger partial charge < -0.3 is 14.7 Å². The zero-order chi connectivity index (χ0) is 12.5. The molecule has 0 atom stereocenters. The predicted molar refractivity (Wildman–Crippen MR) is 63.8 cm³/mol. The largest absolute Gasteiger partial charge is 0.508 e. The van der Waals surface area contributed by atoms with Crippen molar-refractivity contribution in [2.45, 2.75) is 18.9 Å². The number of likely N-dealkylation sites (tertiary alicyclic amines) is 1. The molecule has 1 N–H and O–H groups in total. The Labute approximate surface area is 101 Å². The summed E-state index contributed by atoms with van der Waals surface area (Å²) in [4.78, 5) is 13.7. The number of nitrogens with zero attached hydrogens (tertiary/aromatic N) is 1. The van der Waals surface area contributed by atoms with Crippen LogP contribution in [0.15, 0.2) is 24.3 Å². The molecule has 0 spiro atoms. The minimum Gasteiger partial charge on any atom is -0.508 e. The Morgan fingerprint density at radius 1 is 1.41 bits per heavy atom. The number of rotatable bonds is 3. The van der Waals surface area contributed by atoms with Crippen LogP contribution < -0.4 is 0 Å². The van der Waals surface area contributed by atoms with Crippen molar-refractivity contribution in [2.24, 2.45) is 0 Å². The molecule has 1 amide bonds. The zero-order valence-corrected chi connectivity index (χ0v) is 10.1. The molecule has 1 aliphatic rings. The molecule has 0 aliphatic carbocycles. The number of amides is 1. The fourth-order valence-corrected chi connectivity index (χ4v) is 1.97. The zero-order valence-electron chi connectivity index (χ0n) is 10.1. The highest BCUT2D eigenvalue weighted by Gasteiger charge is 2.41. The Kier molecular flexibility index (Phi) is 3.07. The monoisotopic (exact) mass is 235 g/mol. The van der Waals surface area contributed by atoms with Gasteiger partial charge in [-0.05, 0) is 24.6 Å². The van der Waals surface area contributed by atoms with Gasteiger partial charge in [0.2, 0.25) is 5.91 Å². The van der Waals surface area contributed by atoms with Gasteiger partial charge in [-0.15, -0.1) is 0 Å². The van der Waals surface area contributed by atoms with Crippen LogP contribution >= 0.6 is 0 Å². The molecule has 0 radical (unpaired) electrons. The maximum Gasteiger partial charge on any atom is 0.227 e. The highest BCUT2D eigenvalue weighted by molar-refractivity contribution is 5.79. The van der Waals surface area contributed by atoms with Crippen molar-refractivity contribution in [2.75, 3.05) is 20.2 Å². The topological polar surface area (TPSA) is 49.8 Å².